The van der Waals surface area contributed by atoms with E-state index < -0.39 is 0 Å². The predicted molar refractivity (Wildman–Crippen MR) is 122 cm³/mol. The number of hydrogen-bond acceptors (Lipinski definition) is 4. The first-order valence-corrected chi connectivity index (χ1v) is 11.3. The van der Waals surface area contributed by atoms with Crippen molar-refractivity contribution in [3.05, 3.63) is 30.3 Å². The molecule has 162 valence electrons. The summed E-state index contributed by atoms with van der Waals surface area (Å²) in [6.45, 7) is 10.4. The van der Waals surface area contributed by atoms with Crippen molar-refractivity contribution < 1.29 is 4.74 Å². The third-order valence-electron chi connectivity index (χ3n) is 6.13. The van der Waals surface area contributed by atoms with Crippen LogP contribution in [0.15, 0.2) is 35.3 Å². The van der Waals surface area contributed by atoms with Gasteiger partial charge in [-0.25, -0.2) is 0 Å². The number of para-hydroxylation sites is 1. The van der Waals surface area contributed by atoms with E-state index in [1.165, 1.54) is 31.6 Å². The average Bonchev–Trinajstić information content (AvgIpc) is 2.78. The fourth-order valence-corrected chi connectivity index (χ4v) is 4.27. The number of rotatable bonds is 8. The molecule has 2 fully saturated rings. The molecule has 0 unspecified atom stereocenters. The SMILES string of the molecule is CCNC(=NCC1CCN(CCOC)CC1)NC1CCN(c2ccccc2)CC1. The van der Waals surface area contributed by atoms with Crippen LogP contribution in [-0.2, 0) is 4.74 Å². The third kappa shape index (κ3) is 7.19. The van der Waals surface area contributed by atoms with Crippen LogP contribution in [0.5, 0.6) is 0 Å². The fourth-order valence-electron chi connectivity index (χ4n) is 4.27. The van der Waals surface area contributed by atoms with Crippen molar-refractivity contribution in [2.45, 2.75) is 38.6 Å². The van der Waals surface area contributed by atoms with E-state index in [4.69, 9.17) is 9.73 Å². The van der Waals surface area contributed by atoms with Crippen molar-refractivity contribution in [2.75, 3.05) is 64.4 Å². The minimum absolute atomic E-state index is 0.503. The molecule has 2 aliphatic rings. The second kappa shape index (κ2) is 12.0. The lowest BCUT2D eigenvalue weighted by Crippen LogP contribution is -2.49. The number of piperidine rings is 2. The number of nitrogens with zero attached hydrogens (tertiary/aromatic N) is 3. The summed E-state index contributed by atoms with van der Waals surface area (Å²) in [5.41, 5.74) is 1.34. The molecule has 0 spiro atoms. The third-order valence-corrected chi connectivity index (χ3v) is 6.13. The van der Waals surface area contributed by atoms with Gasteiger partial charge in [0.15, 0.2) is 5.96 Å². The van der Waals surface area contributed by atoms with Crippen LogP contribution in [0.25, 0.3) is 0 Å². The van der Waals surface area contributed by atoms with Crippen molar-refractivity contribution in [3.8, 4) is 0 Å². The van der Waals surface area contributed by atoms with E-state index in [-0.39, 0.29) is 0 Å². The minimum atomic E-state index is 0.503. The Kier molecular flexibility index (Phi) is 9.09. The second-order valence-corrected chi connectivity index (χ2v) is 8.24. The number of ether oxygens (including phenoxy) is 1. The Morgan fingerprint density at radius 1 is 1.07 bits per heavy atom. The van der Waals surface area contributed by atoms with Crippen molar-refractivity contribution in [1.82, 2.24) is 15.5 Å². The van der Waals surface area contributed by atoms with Crippen molar-refractivity contribution in [1.29, 1.82) is 0 Å². The van der Waals surface area contributed by atoms with Gasteiger partial charge in [0.1, 0.15) is 0 Å². The Morgan fingerprint density at radius 2 is 1.79 bits per heavy atom. The van der Waals surface area contributed by atoms with E-state index in [0.717, 1.165) is 58.1 Å². The van der Waals surface area contributed by atoms with Gasteiger partial charge < -0.3 is 25.2 Å². The molecule has 0 bridgehead atoms. The van der Waals surface area contributed by atoms with Crippen LogP contribution in [0, 0.1) is 5.92 Å². The molecule has 2 N–H and O–H groups in total. The normalized spacial score (nSPS) is 20.1. The van der Waals surface area contributed by atoms with Gasteiger partial charge in [-0.1, -0.05) is 18.2 Å². The van der Waals surface area contributed by atoms with Gasteiger partial charge in [0.2, 0.25) is 0 Å². The maximum Gasteiger partial charge on any atom is 0.191 e. The van der Waals surface area contributed by atoms with Gasteiger partial charge in [0.25, 0.3) is 0 Å². The van der Waals surface area contributed by atoms with Gasteiger partial charge in [-0.05, 0) is 63.7 Å². The number of likely N-dealkylation sites (tertiary alicyclic amines) is 1. The first-order chi connectivity index (χ1) is 14.3. The van der Waals surface area contributed by atoms with E-state index in [0.29, 0.717) is 12.0 Å². The molecule has 3 rings (SSSR count). The molecule has 0 saturated carbocycles. The van der Waals surface area contributed by atoms with Crippen LogP contribution in [0.2, 0.25) is 0 Å². The Labute approximate surface area is 176 Å². The molecule has 6 nitrogen and oxygen atoms in total. The Hall–Kier alpha value is -1.79. The van der Waals surface area contributed by atoms with Crippen molar-refractivity contribution >= 4 is 11.6 Å². The molecule has 29 heavy (non-hydrogen) atoms. The Morgan fingerprint density at radius 3 is 2.45 bits per heavy atom. The summed E-state index contributed by atoms with van der Waals surface area (Å²) < 4.78 is 5.20. The molecular weight excluding hydrogens is 362 g/mol. The summed E-state index contributed by atoms with van der Waals surface area (Å²) in [7, 11) is 1.78. The average molecular weight is 402 g/mol. The first-order valence-electron chi connectivity index (χ1n) is 11.3. The number of benzene rings is 1. The second-order valence-electron chi connectivity index (χ2n) is 8.24. The lowest BCUT2D eigenvalue weighted by atomic mass is 9.97. The minimum Gasteiger partial charge on any atom is -0.383 e. The lowest BCUT2D eigenvalue weighted by molar-refractivity contribution is 0.121. The quantitative estimate of drug-likeness (QED) is 0.518. The van der Waals surface area contributed by atoms with Crippen LogP contribution >= 0.6 is 0 Å². The lowest BCUT2D eigenvalue weighted by Gasteiger charge is -2.34. The topological polar surface area (TPSA) is 52.1 Å². The number of methoxy groups -OCH3 is 1. The van der Waals surface area contributed by atoms with Gasteiger partial charge in [-0.2, -0.15) is 0 Å². The van der Waals surface area contributed by atoms with E-state index in [9.17, 15) is 0 Å². The number of aliphatic imine (C=N–C) groups is 1. The van der Waals surface area contributed by atoms with Gasteiger partial charge in [-0.15, -0.1) is 0 Å². The molecule has 0 radical (unpaired) electrons. The van der Waals surface area contributed by atoms with Crippen molar-refractivity contribution in [2.24, 2.45) is 10.9 Å². The van der Waals surface area contributed by atoms with Crippen LogP contribution in [0.4, 0.5) is 5.69 Å². The molecule has 2 saturated heterocycles. The summed E-state index contributed by atoms with van der Waals surface area (Å²) in [4.78, 5) is 9.93. The largest absolute Gasteiger partial charge is 0.383 e. The highest BCUT2D eigenvalue weighted by molar-refractivity contribution is 5.80. The molecule has 6 heteroatoms. The van der Waals surface area contributed by atoms with E-state index in [2.05, 4.69) is 57.7 Å². The van der Waals surface area contributed by atoms with E-state index in [1.807, 2.05) is 0 Å². The summed E-state index contributed by atoms with van der Waals surface area (Å²) >= 11 is 0. The van der Waals surface area contributed by atoms with Gasteiger partial charge in [0.05, 0.1) is 6.61 Å². The molecule has 1 aromatic rings. The maximum absolute atomic E-state index is 5.20. The van der Waals surface area contributed by atoms with E-state index >= 15 is 0 Å². The summed E-state index contributed by atoms with van der Waals surface area (Å²) in [5.74, 6) is 1.69. The van der Waals surface area contributed by atoms with Gasteiger partial charge in [-0.3, -0.25) is 4.99 Å². The van der Waals surface area contributed by atoms with Crippen LogP contribution in [0.1, 0.15) is 32.6 Å². The first kappa shape index (κ1) is 21.9. The molecule has 0 aliphatic carbocycles. The number of hydrogen-bond donors (Lipinski definition) is 2. The summed E-state index contributed by atoms with van der Waals surface area (Å²) in [5, 5.41) is 7.14. The zero-order valence-corrected chi connectivity index (χ0v) is 18.3. The maximum atomic E-state index is 5.20. The highest BCUT2D eigenvalue weighted by Crippen LogP contribution is 2.20. The predicted octanol–water partition coefficient (Wildman–Crippen LogP) is 2.57. The van der Waals surface area contributed by atoms with Crippen LogP contribution in [-0.4, -0.2) is 76.4 Å². The van der Waals surface area contributed by atoms with Gasteiger partial charge in [0, 0.05) is 51.6 Å². The molecule has 0 amide bonds. The molecular formula is C23H39N5O. The fraction of sp³-hybridized carbons (Fsp3) is 0.696. The van der Waals surface area contributed by atoms with E-state index in [1.54, 1.807) is 7.11 Å². The number of anilines is 1. The smallest absolute Gasteiger partial charge is 0.191 e. The highest BCUT2D eigenvalue weighted by atomic mass is 16.5. The highest BCUT2D eigenvalue weighted by Gasteiger charge is 2.21. The van der Waals surface area contributed by atoms with Crippen molar-refractivity contribution in [3.63, 3.8) is 0 Å². The van der Waals surface area contributed by atoms with Crippen LogP contribution in [0.3, 0.4) is 0 Å². The number of nitrogens with one attached hydrogen (secondary N) is 2. The number of guanidine groups is 1. The zero-order valence-electron chi connectivity index (χ0n) is 18.3. The zero-order chi connectivity index (χ0) is 20.3. The summed E-state index contributed by atoms with van der Waals surface area (Å²) in [6, 6.07) is 11.2. The molecule has 2 heterocycles. The molecule has 0 atom stereocenters. The molecule has 0 aromatic heterocycles. The molecule has 1 aromatic carbocycles. The monoisotopic (exact) mass is 401 g/mol. The molecule has 2 aliphatic heterocycles. The Balaban J connectivity index is 1.42. The standard InChI is InChI=1S/C23H39N5O/c1-3-24-23(25-19-20-9-13-27(14-10-20)17-18-29-2)26-21-11-15-28(16-12-21)22-7-5-4-6-8-22/h4-8,20-21H,3,9-19H2,1-2H3,(H2,24,25,26). The Bertz CT molecular complexity index is 593. The summed E-state index contributed by atoms with van der Waals surface area (Å²) in [6.07, 6.45) is 4.78. The van der Waals surface area contributed by atoms with Gasteiger partial charge >= 0.3 is 0 Å². The van der Waals surface area contributed by atoms with Crippen LogP contribution < -0.4 is 15.5 Å².